The molecule has 0 spiro atoms. The molecule has 0 radical (unpaired) electrons. The second-order valence-electron chi connectivity index (χ2n) is 3.51. The van der Waals surface area contributed by atoms with Crippen LogP contribution in [0.25, 0.3) is 0 Å². The van der Waals surface area contributed by atoms with E-state index in [4.69, 9.17) is 5.11 Å². The van der Waals surface area contributed by atoms with Gasteiger partial charge in [-0.1, -0.05) is 30.3 Å². The van der Waals surface area contributed by atoms with Gasteiger partial charge in [-0.25, -0.2) is 4.79 Å². The Balaban J connectivity index is 0.000000387. The number of phenols is 1. The van der Waals surface area contributed by atoms with Gasteiger partial charge in [0.15, 0.2) is 0 Å². The molecule has 6 heteroatoms. The van der Waals surface area contributed by atoms with Gasteiger partial charge in [0, 0.05) is 4.90 Å². The minimum absolute atomic E-state index is 0. The monoisotopic (exact) mass is 300 g/mol. The van der Waals surface area contributed by atoms with Gasteiger partial charge < -0.3 is 14.9 Å². The molecule has 0 bridgehead atoms. The fraction of sp³-hybridized carbons (Fsp3) is 0.0714. The van der Waals surface area contributed by atoms with Crippen molar-refractivity contribution in [2.45, 2.75) is 4.90 Å². The molecule has 0 amide bonds. The maximum Gasteiger partial charge on any atom is 1.00 e. The van der Waals surface area contributed by atoms with Crippen molar-refractivity contribution >= 4 is 18.6 Å². The van der Waals surface area contributed by atoms with Crippen molar-refractivity contribution in [2.24, 2.45) is 0 Å². The number of thiol groups is 1. The molecule has 2 rings (SSSR count). The van der Waals surface area contributed by atoms with Crippen molar-refractivity contribution in [3.05, 3.63) is 54.1 Å². The molecular weight excluding hydrogens is 287 g/mol. The molecule has 0 saturated carbocycles. The summed E-state index contributed by atoms with van der Waals surface area (Å²) in [4.78, 5) is 11.4. The number of para-hydroxylation sites is 1. The van der Waals surface area contributed by atoms with E-state index in [9.17, 15) is 9.90 Å². The number of methoxy groups -OCH3 is 1. The number of carbonyl (C=O) groups is 1. The predicted molar refractivity (Wildman–Crippen MR) is 72.6 cm³/mol. The Morgan fingerprint density at radius 3 is 2.20 bits per heavy atom. The Hall–Kier alpha value is -1.14. The number of rotatable bonds is 1. The molecule has 0 atom stereocenters. The van der Waals surface area contributed by atoms with Crippen LogP contribution in [0.1, 0.15) is 10.4 Å². The number of benzene rings is 2. The van der Waals surface area contributed by atoms with E-state index in [2.05, 4.69) is 17.4 Å². The Bertz CT molecular complexity index is 546. The SMILES string of the molecule is COC(=O)c1ccc(S)c(O)c1.[Na+].[O-]c1ccccc1. The molecular formula is C14H13NaO4S. The van der Waals surface area contributed by atoms with Crippen LogP contribution in [0.5, 0.6) is 11.5 Å². The molecule has 2 aromatic carbocycles. The zero-order chi connectivity index (χ0) is 14.3. The Morgan fingerprint density at radius 1 is 1.20 bits per heavy atom. The maximum atomic E-state index is 10.9. The minimum atomic E-state index is -0.473. The van der Waals surface area contributed by atoms with E-state index in [0.717, 1.165) is 0 Å². The molecule has 0 aliphatic rings. The summed E-state index contributed by atoms with van der Waals surface area (Å²) < 4.78 is 4.46. The van der Waals surface area contributed by atoms with E-state index in [-0.39, 0.29) is 41.1 Å². The van der Waals surface area contributed by atoms with Gasteiger partial charge in [0.1, 0.15) is 5.75 Å². The second-order valence-corrected chi connectivity index (χ2v) is 3.99. The number of aromatic hydroxyl groups is 1. The number of hydrogen-bond acceptors (Lipinski definition) is 5. The molecule has 20 heavy (non-hydrogen) atoms. The predicted octanol–water partition coefficient (Wildman–Crippen LogP) is -0.768. The van der Waals surface area contributed by atoms with Gasteiger partial charge in [-0.15, -0.1) is 18.4 Å². The molecule has 2 aromatic rings. The molecule has 0 aliphatic carbocycles. The van der Waals surface area contributed by atoms with E-state index in [0.29, 0.717) is 10.5 Å². The molecule has 0 unspecified atom stereocenters. The van der Waals surface area contributed by atoms with Crippen LogP contribution >= 0.6 is 12.6 Å². The van der Waals surface area contributed by atoms with Crippen LogP contribution in [-0.2, 0) is 4.74 Å². The summed E-state index contributed by atoms with van der Waals surface area (Å²) in [5, 5.41) is 19.4. The first kappa shape index (κ1) is 18.9. The van der Waals surface area contributed by atoms with Gasteiger partial charge in [0.2, 0.25) is 0 Å². The first-order valence-electron chi connectivity index (χ1n) is 5.37. The summed E-state index contributed by atoms with van der Waals surface area (Å²) in [7, 11) is 1.29. The Kier molecular flexibility index (Phi) is 9.16. The normalized spacial score (nSPS) is 8.70. The summed E-state index contributed by atoms with van der Waals surface area (Å²) in [6.07, 6.45) is 0. The number of carbonyl (C=O) groups excluding carboxylic acids is 1. The minimum Gasteiger partial charge on any atom is -0.872 e. The molecule has 0 heterocycles. The van der Waals surface area contributed by atoms with Crippen molar-refractivity contribution < 1.29 is 49.3 Å². The summed E-state index contributed by atoms with van der Waals surface area (Å²) in [6, 6.07) is 12.7. The average Bonchev–Trinajstić information content (AvgIpc) is 2.42. The van der Waals surface area contributed by atoms with Gasteiger partial charge in [-0.2, -0.15) is 0 Å². The van der Waals surface area contributed by atoms with Gasteiger partial charge in [-0.3, -0.25) is 0 Å². The number of phenolic OH excluding ortho intramolecular Hbond substituents is 1. The molecule has 0 aliphatic heterocycles. The maximum absolute atomic E-state index is 10.9. The summed E-state index contributed by atoms with van der Waals surface area (Å²) in [5.41, 5.74) is 0.313. The summed E-state index contributed by atoms with van der Waals surface area (Å²) in [5.74, 6) is -0.428. The molecule has 4 nitrogen and oxygen atoms in total. The summed E-state index contributed by atoms with van der Waals surface area (Å²) in [6.45, 7) is 0. The van der Waals surface area contributed by atoms with Gasteiger partial charge in [0.25, 0.3) is 0 Å². The quantitative estimate of drug-likeness (QED) is 0.412. The topological polar surface area (TPSA) is 69.6 Å². The van der Waals surface area contributed by atoms with Crippen LogP contribution in [0.3, 0.4) is 0 Å². The standard InChI is InChI=1S/C8H8O3S.C6H6O.Na/c1-11-8(10)5-2-3-7(12)6(9)4-5;7-6-4-2-1-3-5-6;/h2-4,9,12H,1H3;1-5,7H;/q;;+1/p-1. The number of ether oxygens (including phenoxy) is 1. The fourth-order valence-corrected chi connectivity index (χ4v) is 1.33. The molecule has 100 valence electrons. The first-order valence-corrected chi connectivity index (χ1v) is 5.81. The van der Waals surface area contributed by atoms with Gasteiger partial charge >= 0.3 is 35.5 Å². The van der Waals surface area contributed by atoms with E-state index >= 15 is 0 Å². The van der Waals surface area contributed by atoms with Crippen molar-refractivity contribution in [3.8, 4) is 11.5 Å². The Morgan fingerprint density at radius 2 is 1.80 bits per heavy atom. The van der Waals surface area contributed by atoms with Crippen LogP contribution in [-0.4, -0.2) is 18.2 Å². The van der Waals surface area contributed by atoms with E-state index < -0.39 is 5.97 Å². The third kappa shape index (κ3) is 6.34. The van der Waals surface area contributed by atoms with E-state index in [1.165, 1.54) is 37.4 Å². The van der Waals surface area contributed by atoms with Gasteiger partial charge in [0.05, 0.1) is 12.7 Å². The van der Waals surface area contributed by atoms with Crippen LogP contribution in [0, 0.1) is 0 Å². The molecule has 0 saturated heterocycles. The van der Waals surface area contributed by atoms with Crippen LogP contribution < -0.4 is 34.7 Å². The van der Waals surface area contributed by atoms with Crippen LogP contribution in [0.15, 0.2) is 53.4 Å². The second kappa shape index (κ2) is 9.72. The van der Waals surface area contributed by atoms with E-state index in [1.54, 1.807) is 12.1 Å². The smallest absolute Gasteiger partial charge is 0.872 e. The van der Waals surface area contributed by atoms with Crippen molar-refractivity contribution in [2.75, 3.05) is 7.11 Å². The number of esters is 1. The fourth-order valence-electron chi connectivity index (χ4n) is 1.19. The van der Waals surface area contributed by atoms with Crippen molar-refractivity contribution in [3.63, 3.8) is 0 Å². The Labute approximate surface area is 145 Å². The average molecular weight is 300 g/mol. The van der Waals surface area contributed by atoms with Crippen molar-refractivity contribution in [1.82, 2.24) is 0 Å². The van der Waals surface area contributed by atoms with Crippen LogP contribution in [0.2, 0.25) is 0 Å². The third-order valence-corrected chi connectivity index (χ3v) is 2.52. The third-order valence-electron chi connectivity index (χ3n) is 2.14. The van der Waals surface area contributed by atoms with Gasteiger partial charge in [-0.05, 0) is 18.2 Å². The number of hydrogen-bond donors (Lipinski definition) is 2. The molecule has 0 fully saturated rings. The first-order chi connectivity index (χ1) is 9.04. The zero-order valence-electron chi connectivity index (χ0n) is 11.2. The largest absolute Gasteiger partial charge is 1.00 e. The molecule has 0 aromatic heterocycles. The van der Waals surface area contributed by atoms with Crippen molar-refractivity contribution in [1.29, 1.82) is 0 Å². The van der Waals surface area contributed by atoms with Crippen LogP contribution in [0.4, 0.5) is 0 Å². The molecule has 1 N–H and O–H groups in total. The zero-order valence-corrected chi connectivity index (χ0v) is 14.1. The summed E-state index contributed by atoms with van der Waals surface area (Å²) >= 11 is 3.94. The van der Waals surface area contributed by atoms with E-state index in [1.807, 2.05) is 6.07 Å².